The molecule has 0 N–H and O–H groups in total. The molecule has 0 aliphatic rings. The van der Waals surface area contributed by atoms with Crippen molar-refractivity contribution >= 4 is 21.6 Å². The second-order valence-corrected chi connectivity index (χ2v) is 6.15. The maximum atomic E-state index is 8.95. The molecule has 1 aromatic rings. The quantitative estimate of drug-likeness (QED) is 0.739. The number of hydrogen-bond acceptors (Lipinski definition) is 2. The fourth-order valence-electron chi connectivity index (χ4n) is 2.38. The van der Waals surface area contributed by atoms with Crippen LogP contribution in [0.5, 0.6) is 0 Å². The van der Waals surface area contributed by atoms with Crippen molar-refractivity contribution in [1.29, 1.82) is 5.26 Å². The van der Waals surface area contributed by atoms with Gasteiger partial charge in [0, 0.05) is 17.1 Å². The molecule has 1 rings (SSSR count). The summed E-state index contributed by atoms with van der Waals surface area (Å²) >= 11 is 3.61. The van der Waals surface area contributed by atoms with Gasteiger partial charge < -0.3 is 4.90 Å². The van der Waals surface area contributed by atoms with E-state index in [1.165, 1.54) is 5.69 Å². The van der Waals surface area contributed by atoms with Crippen LogP contribution in [0.25, 0.3) is 0 Å². The SMILES string of the molecule is CCC(CC)N(CC(C)C)c1ccc(C#N)cc1Br. The summed E-state index contributed by atoms with van der Waals surface area (Å²) in [5, 5.41) is 8.95. The van der Waals surface area contributed by atoms with E-state index in [1.807, 2.05) is 12.1 Å². The summed E-state index contributed by atoms with van der Waals surface area (Å²) in [5.74, 6) is 0.614. The summed E-state index contributed by atoms with van der Waals surface area (Å²) in [5.41, 5.74) is 1.89. The Balaban J connectivity index is 3.13. The third kappa shape index (κ3) is 4.24. The van der Waals surface area contributed by atoms with Gasteiger partial charge in [-0.1, -0.05) is 27.7 Å². The first kappa shape index (κ1) is 16.0. The van der Waals surface area contributed by atoms with Crippen LogP contribution in [-0.2, 0) is 0 Å². The van der Waals surface area contributed by atoms with Gasteiger partial charge in [-0.3, -0.25) is 0 Å². The van der Waals surface area contributed by atoms with Crippen molar-refractivity contribution < 1.29 is 0 Å². The Kier molecular flexibility index (Phi) is 6.37. The maximum absolute atomic E-state index is 8.95. The van der Waals surface area contributed by atoms with Crippen LogP contribution in [-0.4, -0.2) is 12.6 Å². The molecule has 0 aliphatic heterocycles. The first-order chi connectivity index (χ1) is 9.03. The fraction of sp³-hybridized carbons (Fsp3) is 0.562. The van der Waals surface area contributed by atoms with Gasteiger partial charge in [-0.15, -0.1) is 0 Å². The van der Waals surface area contributed by atoms with E-state index >= 15 is 0 Å². The fourth-order valence-corrected chi connectivity index (χ4v) is 2.98. The summed E-state index contributed by atoms with van der Waals surface area (Å²) < 4.78 is 1.01. The molecule has 0 bridgehead atoms. The molecular formula is C16H23BrN2. The Labute approximate surface area is 125 Å². The van der Waals surface area contributed by atoms with Crippen molar-refractivity contribution in [3.05, 3.63) is 28.2 Å². The van der Waals surface area contributed by atoms with E-state index in [0.717, 1.165) is 23.9 Å². The van der Waals surface area contributed by atoms with Crippen molar-refractivity contribution in [2.75, 3.05) is 11.4 Å². The second kappa shape index (κ2) is 7.55. The van der Waals surface area contributed by atoms with E-state index in [9.17, 15) is 0 Å². The predicted molar refractivity (Wildman–Crippen MR) is 85.4 cm³/mol. The minimum Gasteiger partial charge on any atom is -0.367 e. The molecule has 19 heavy (non-hydrogen) atoms. The Morgan fingerprint density at radius 2 is 1.89 bits per heavy atom. The Morgan fingerprint density at radius 3 is 2.32 bits per heavy atom. The summed E-state index contributed by atoms with van der Waals surface area (Å²) in [6, 6.07) is 8.60. The van der Waals surface area contributed by atoms with E-state index in [0.29, 0.717) is 17.5 Å². The summed E-state index contributed by atoms with van der Waals surface area (Å²) in [4.78, 5) is 2.47. The number of benzene rings is 1. The largest absolute Gasteiger partial charge is 0.367 e. The third-order valence-corrected chi connectivity index (χ3v) is 3.97. The highest BCUT2D eigenvalue weighted by molar-refractivity contribution is 9.10. The van der Waals surface area contributed by atoms with E-state index in [1.54, 1.807) is 0 Å². The van der Waals surface area contributed by atoms with Crippen LogP contribution in [0, 0.1) is 17.2 Å². The van der Waals surface area contributed by atoms with Crippen molar-refractivity contribution in [3.63, 3.8) is 0 Å². The second-order valence-electron chi connectivity index (χ2n) is 5.29. The first-order valence-corrected chi connectivity index (χ1v) is 7.79. The lowest BCUT2D eigenvalue weighted by molar-refractivity contribution is 0.507. The monoisotopic (exact) mass is 322 g/mol. The van der Waals surface area contributed by atoms with E-state index in [-0.39, 0.29) is 0 Å². The molecule has 0 atom stereocenters. The Morgan fingerprint density at radius 1 is 1.26 bits per heavy atom. The van der Waals surface area contributed by atoms with Crippen LogP contribution in [0.3, 0.4) is 0 Å². The van der Waals surface area contributed by atoms with Gasteiger partial charge in [-0.05, 0) is 52.9 Å². The van der Waals surface area contributed by atoms with Gasteiger partial charge in [0.2, 0.25) is 0 Å². The first-order valence-electron chi connectivity index (χ1n) is 6.99. The molecular weight excluding hydrogens is 300 g/mol. The zero-order valence-corrected chi connectivity index (χ0v) is 13.9. The van der Waals surface area contributed by atoms with Crippen molar-refractivity contribution in [2.24, 2.45) is 5.92 Å². The van der Waals surface area contributed by atoms with Gasteiger partial charge in [0.15, 0.2) is 0 Å². The molecule has 0 fully saturated rings. The smallest absolute Gasteiger partial charge is 0.0992 e. The summed E-state index contributed by atoms with van der Waals surface area (Å²) in [7, 11) is 0. The highest BCUT2D eigenvalue weighted by Crippen LogP contribution is 2.30. The molecule has 0 unspecified atom stereocenters. The average molecular weight is 323 g/mol. The Hall–Kier alpha value is -1.01. The minimum absolute atomic E-state index is 0.548. The third-order valence-electron chi connectivity index (χ3n) is 3.33. The van der Waals surface area contributed by atoms with Gasteiger partial charge in [0.05, 0.1) is 17.3 Å². The van der Waals surface area contributed by atoms with Gasteiger partial charge in [0.25, 0.3) is 0 Å². The molecule has 0 amide bonds. The van der Waals surface area contributed by atoms with E-state index < -0.39 is 0 Å². The van der Waals surface area contributed by atoms with Crippen LogP contribution < -0.4 is 4.90 Å². The molecule has 0 aliphatic carbocycles. The van der Waals surface area contributed by atoms with E-state index in [2.05, 4.69) is 60.7 Å². The molecule has 0 saturated carbocycles. The van der Waals surface area contributed by atoms with Gasteiger partial charge >= 0.3 is 0 Å². The molecule has 0 aromatic heterocycles. The van der Waals surface area contributed by atoms with Gasteiger partial charge in [-0.2, -0.15) is 5.26 Å². The van der Waals surface area contributed by atoms with Crippen molar-refractivity contribution in [2.45, 2.75) is 46.6 Å². The predicted octanol–water partition coefficient (Wildman–Crippen LogP) is 4.97. The highest BCUT2D eigenvalue weighted by atomic mass is 79.9. The topological polar surface area (TPSA) is 27.0 Å². The molecule has 0 saturated heterocycles. The molecule has 3 heteroatoms. The number of halogens is 1. The molecule has 0 spiro atoms. The van der Waals surface area contributed by atoms with Crippen LogP contribution in [0.1, 0.15) is 46.1 Å². The summed E-state index contributed by atoms with van der Waals surface area (Å²) in [6.07, 6.45) is 2.27. The lowest BCUT2D eigenvalue weighted by atomic mass is 10.1. The maximum Gasteiger partial charge on any atom is 0.0992 e. The van der Waals surface area contributed by atoms with E-state index in [4.69, 9.17) is 5.26 Å². The number of nitrogens with zero attached hydrogens (tertiary/aromatic N) is 2. The zero-order valence-electron chi connectivity index (χ0n) is 12.3. The minimum atomic E-state index is 0.548. The van der Waals surface area contributed by atoms with Crippen molar-refractivity contribution in [3.8, 4) is 6.07 Å². The average Bonchev–Trinajstić information content (AvgIpc) is 2.38. The number of hydrogen-bond donors (Lipinski definition) is 0. The number of anilines is 1. The lowest BCUT2D eigenvalue weighted by Crippen LogP contribution is -2.37. The molecule has 2 nitrogen and oxygen atoms in total. The number of rotatable bonds is 6. The van der Waals surface area contributed by atoms with Gasteiger partial charge in [-0.25, -0.2) is 0 Å². The zero-order chi connectivity index (χ0) is 14.4. The van der Waals surface area contributed by atoms with Crippen LogP contribution in [0.15, 0.2) is 22.7 Å². The van der Waals surface area contributed by atoms with Crippen LogP contribution in [0.4, 0.5) is 5.69 Å². The summed E-state index contributed by atoms with van der Waals surface area (Å²) in [6.45, 7) is 9.99. The molecule has 104 valence electrons. The Bertz CT molecular complexity index is 445. The standard InChI is InChI=1S/C16H23BrN2/c1-5-14(6-2)19(11-12(3)4)16-8-7-13(10-18)9-15(16)17/h7-9,12,14H,5-6,11H2,1-4H3. The number of nitriles is 1. The normalized spacial score (nSPS) is 10.8. The lowest BCUT2D eigenvalue weighted by Gasteiger charge is -2.35. The molecule has 0 radical (unpaired) electrons. The van der Waals surface area contributed by atoms with Crippen LogP contribution in [0.2, 0.25) is 0 Å². The van der Waals surface area contributed by atoms with Crippen molar-refractivity contribution in [1.82, 2.24) is 0 Å². The van der Waals surface area contributed by atoms with Gasteiger partial charge in [0.1, 0.15) is 0 Å². The highest BCUT2D eigenvalue weighted by Gasteiger charge is 2.19. The van der Waals surface area contributed by atoms with Crippen LogP contribution >= 0.6 is 15.9 Å². The molecule has 0 heterocycles. The molecule has 1 aromatic carbocycles.